The van der Waals surface area contributed by atoms with Gasteiger partial charge in [-0.05, 0) is 57.5 Å². The number of halogens is 1. The highest BCUT2D eigenvalue weighted by Gasteiger charge is 2.16. The maximum absolute atomic E-state index is 10.9. The Labute approximate surface area is 123 Å². The number of nitrogens with one attached hydrogen (secondary N) is 1. The molecule has 0 amide bonds. The Morgan fingerprint density at radius 1 is 1.50 bits per heavy atom. The van der Waals surface area contributed by atoms with E-state index in [4.69, 9.17) is 16.7 Å². The van der Waals surface area contributed by atoms with Crippen LogP contribution in [0.2, 0.25) is 5.15 Å². The molecule has 0 aliphatic carbocycles. The maximum atomic E-state index is 10.9. The first-order chi connectivity index (χ1) is 9.54. The van der Waals surface area contributed by atoms with Gasteiger partial charge in [-0.25, -0.2) is 9.78 Å². The van der Waals surface area contributed by atoms with Crippen molar-refractivity contribution >= 4 is 23.4 Å². The number of piperidine rings is 1. The lowest BCUT2D eigenvalue weighted by atomic mass is 9.94. The van der Waals surface area contributed by atoms with Crippen LogP contribution in [0.3, 0.4) is 0 Å². The lowest BCUT2D eigenvalue weighted by Gasteiger charge is -2.28. The van der Waals surface area contributed by atoms with Crippen molar-refractivity contribution in [3.63, 3.8) is 0 Å². The van der Waals surface area contributed by atoms with Crippen molar-refractivity contribution in [2.45, 2.75) is 19.3 Å². The van der Waals surface area contributed by atoms with Crippen molar-refractivity contribution in [3.8, 4) is 0 Å². The van der Waals surface area contributed by atoms with E-state index in [9.17, 15) is 4.79 Å². The molecule has 0 spiro atoms. The molecule has 1 aliphatic rings. The van der Waals surface area contributed by atoms with Crippen molar-refractivity contribution in [1.82, 2.24) is 9.88 Å². The topological polar surface area (TPSA) is 65.5 Å². The van der Waals surface area contributed by atoms with Gasteiger partial charge in [-0.1, -0.05) is 11.6 Å². The molecule has 0 radical (unpaired) electrons. The maximum Gasteiger partial charge on any atom is 0.335 e. The molecule has 5 nitrogen and oxygen atoms in total. The van der Waals surface area contributed by atoms with E-state index in [0.29, 0.717) is 5.82 Å². The Morgan fingerprint density at radius 2 is 2.20 bits per heavy atom. The summed E-state index contributed by atoms with van der Waals surface area (Å²) in [6.45, 7) is 3.10. The summed E-state index contributed by atoms with van der Waals surface area (Å²) in [5.74, 6) is 0.271. The van der Waals surface area contributed by atoms with Gasteiger partial charge in [-0.3, -0.25) is 0 Å². The standard InChI is InChI=1S/C14H20ClN3O2/c1-18-6-3-10(4-7-18)2-5-16-13-9-11(14(19)20)8-12(15)17-13/h8-10H,2-7H2,1H3,(H,16,17)(H,19,20). The molecule has 20 heavy (non-hydrogen) atoms. The summed E-state index contributed by atoms with van der Waals surface area (Å²) >= 11 is 5.82. The average Bonchev–Trinajstić information content (AvgIpc) is 2.40. The number of hydrogen-bond donors (Lipinski definition) is 2. The zero-order valence-corrected chi connectivity index (χ0v) is 12.4. The zero-order valence-electron chi connectivity index (χ0n) is 11.6. The van der Waals surface area contributed by atoms with Gasteiger partial charge < -0.3 is 15.3 Å². The Morgan fingerprint density at radius 3 is 2.85 bits per heavy atom. The number of aromatic carboxylic acids is 1. The van der Waals surface area contributed by atoms with E-state index >= 15 is 0 Å². The average molecular weight is 298 g/mol. The van der Waals surface area contributed by atoms with Gasteiger partial charge in [0.25, 0.3) is 0 Å². The van der Waals surface area contributed by atoms with E-state index < -0.39 is 5.97 Å². The van der Waals surface area contributed by atoms with Crippen molar-refractivity contribution in [2.75, 3.05) is 32.0 Å². The second kappa shape index (κ2) is 6.90. The molecule has 1 saturated heterocycles. The van der Waals surface area contributed by atoms with Crippen LogP contribution in [0.1, 0.15) is 29.6 Å². The number of carbonyl (C=O) groups is 1. The predicted octanol–water partition coefficient (Wildman–Crippen LogP) is 2.58. The SMILES string of the molecule is CN1CCC(CCNc2cc(C(=O)O)cc(Cl)n2)CC1. The Kier molecular flexibility index (Phi) is 5.20. The van der Waals surface area contributed by atoms with E-state index in [2.05, 4.69) is 22.2 Å². The molecule has 0 unspecified atom stereocenters. The minimum atomic E-state index is -0.993. The van der Waals surface area contributed by atoms with Gasteiger partial charge in [0.15, 0.2) is 0 Å². The lowest BCUT2D eigenvalue weighted by molar-refractivity contribution is 0.0697. The first kappa shape index (κ1) is 15.1. The number of hydrogen-bond acceptors (Lipinski definition) is 4. The normalized spacial score (nSPS) is 17.1. The largest absolute Gasteiger partial charge is 0.478 e. The van der Waals surface area contributed by atoms with Crippen LogP contribution in [0.4, 0.5) is 5.82 Å². The Bertz CT molecular complexity index is 473. The third-order valence-corrected chi connectivity index (χ3v) is 3.93. The number of pyridine rings is 1. The summed E-state index contributed by atoms with van der Waals surface area (Å²) in [5.41, 5.74) is 0.159. The Balaban J connectivity index is 1.83. The predicted molar refractivity (Wildman–Crippen MR) is 79.5 cm³/mol. The monoisotopic (exact) mass is 297 g/mol. The Hall–Kier alpha value is -1.33. The molecule has 0 atom stereocenters. The van der Waals surface area contributed by atoms with Gasteiger partial charge >= 0.3 is 5.97 Å². The number of nitrogens with zero attached hydrogens (tertiary/aromatic N) is 2. The summed E-state index contributed by atoms with van der Waals surface area (Å²) in [5, 5.41) is 12.3. The molecule has 0 aromatic carbocycles. The molecule has 0 bridgehead atoms. The van der Waals surface area contributed by atoms with Gasteiger partial charge in [0, 0.05) is 6.54 Å². The second-order valence-electron chi connectivity index (χ2n) is 5.33. The van der Waals surface area contributed by atoms with Crippen molar-refractivity contribution in [3.05, 3.63) is 22.8 Å². The summed E-state index contributed by atoms with van der Waals surface area (Å²) in [6.07, 6.45) is 3.52. The number of rotatable bonds is 5. The van der Waals surface area contributed by atoms with Gasteiger partial charge in [-0.2, -0.15) is 0 Å². The van der Waals surface area contributed by atoms with Gasteiger partial charge in [0.05, 0.1) is 5.56 Å². The highest BCUT2D eigenvalue weighted by Crippen LogP contribution is 2.20. The molecule has 1 aromatic rings. The molecule has 1 fully saturated rings. The van der Waals surface area contributed by atoms with Crippen LogP contribution >= 0.6 is 11.6 Å². The zero-order chi connectivity index (χ0) is 14.5. The number of anilines is 1. The molecular weight excluding hydrogens is 278 g/mol. The molecule has 0 saturated carbocycles. The molecule has 1 aliphatic heterocycles. The molecule has 6 heteroatoms. The second-order valence-corrected chi connectivity index (χ2v) is 5.72. The number of carboxylic acids is 1. The fourth-order valence-electron chi connectivity index (χ4n) is 2.47. The molecule has 1 aromatic heterocycles. The molecule has 110 valence electrons. The van der Waals surface area contributed by atoms with Gasteiger partial charge in [0.2, 0.25) is 0 Å². The third kappa shape index (κ3) is 4.35. The van der Waals surface area contributed by atoms with Gasteiger partial charge in [-0.15, -0.1) is 0 Å². The highest BCUT2D eigenvalue weighted by molar-refractivity contribution is 6.29. The smallest absolute Gasteiger partial charge is 0.335 e. The quantitative estimate of drug-likeness (QED) is 0.818. The van der Waals surface area contributed by atoms with Crippen LogP contribution in [0.5, 0.6) is 0 Å². The van der Waals surface area contributed by atoms with Crippen LogP contribution in [0.25, 0.3) is 0 Å². The van der Waals surface area contributed by atoms with E-state index in [-0.39, 0.29) is 10.7 Å². The van der Waals surface area contributed by atoms with Crippen LogP contribution in [-0.2, 0) is 0 Å². The van der Waals surface area contributed by atoms with Crippen molar-refractivity contribution in [1.29, 1.82) is 0 Å². The summed E-state index contributed by atoms with van der Waals surface area (Å²) in [7, 11) is 2.15. The number of likely N-dealkylation sites (tertiary alicyclic amines) is 1. The summed E-state index contributed by atoms with van der Waals surface area (Å²) in [4.78, 5) is 17.4. The fraction of sp³-hybridized carbons (Fsp3) is 0.571. The fourth-order valence-corrected chi connectivity index (χ4v) is 2.67. The minimum absolute atomic E-state index is 0.159. The van der Waals surface area contributed by atoms with Crippen LogP contribution in [-0.4, -0.2) is 47.6 Å². The van der Waals surface area contributed by atoms with Crippen LogP contribution < -0.4 is 5.32 Å². The summed E-state index contributed by atoms with van der Waals surface area (Å²) in [6, 6.07) is 2.87. The van der Waals surface area contributed by atoms with E-state index in [1.165, 1.54) is 25.0 Å². The molecular formula is C14H20ClN3O2. The summed E-state index contributed by atoms with van der Waals surface area (Å²) < 4.78 is 0. The minimum Gasteiger partial charge on any atom is -0.478 e. The van der Waals surface area contributed by atoms with Crippen molar-refractivity contribution < 1.29 is 9.90 Å². The lowest BCUT2D eigenvalue weighted by Crippen LogP contribution is -2.30. The van der Waals surface area contributed by atoms with Crippen LogP contribution in [0, 0.1) is 5.92 Å². The number of carboxylic acid groups (broad SMARTS) is 1. The van der Waals surface area contributed by atoms with Crippen LogP contribution in [0.15, 0.2) is 12.1 Å². The van der Waals surface area contributed by atoms with Crippen molar-refractivity contribution in [2.24, 2.45) is 5.92 Å². The number of aromatic nitrogens is 1. The molecule has 2 rings (SSSR count). The van der Waals surface area contributed by atoms with Gasteiger partial charge in [0.1, 0.15) is 11.0 Å². The van der Waals surface area contributed by atoms with E-state index in [1.54, 1.807) is 0 Å². The van der Waals surface area contributed by atoms with E-state index in [0.717, 1.165) is 32.0 Å². The highest BCUT2D eigenvalue weighted by atomic mass is 35.5. The third-order valence-electron chi connectivity index (χ3n) is 3.74. The van der Waals surface area contributed by atoms with E-state index in [1.807, 2.05) is 0 Å². The first-order valence-electron chi connectivity index (χ1n) is 6.88. The molecule has 2 N–H and O–H groups in total. The first-order valence-corrected chi connectivity index (χ1v) is 7.25. The molecule has 2 heterocycles.